The van der Waals surface area contributed by atoms with E-state index >= 15 is 0 Å². The lowest BCUT2D eigenvalue weighted by atomic mass is 9.94. The number of halogens is 1. The highest BCUT2D eigenvalue weighted by Gasteiger charge is 2.22. The van der Waals surface area contributed by atoms with Crippen LogP contribution in [0.4, 0.5) is 14.9 Å². The van der Waals surface area contributed by atoms with E-state index in [1.54, 1.807) is 12.1 Å². The van der Waals surface area contributed by atoms with Crippen LogP contribution in [0.3, 0.4) is 0 Å². The molecule has 0 spiro atoms. The third kappa shape index (κ3) is 4.80. The zero-order valence-electron chi connectivity index (χ0n) is 14.4. The maximum absolute atomic E-state index is 14.1. The second-order valence-electron chi connectivity index (χ2n) is 5.95. The molecule has 2 aromatic rings. The van der Waals surface area contributed by atoms with Crippen molar-refractivity contribution in [3.05, 3.63) is 66.0 Å². The van der Waals surface area contributed by atoms with Gasteiger partial charge in [-0.05, 0) is 24.6 Å². The molecule has 0 unspecified atom stereocenters. The van der Waals surface area contributed by atoms with Gasteiger partial charge in [-0.15, -0.1) is 0 Å². The number of carbonyl (C=O) groups excluding carboxylic acids is 1. The fourth-order valence-corrected chi connectivity index (χ4v) is 2.61. The van der Waals surface area contributed by atoms with Crippen molar-refractivity contribution in [3.8, 4) is 6.07 Å². The highest BCUT2D eigenvalue weighted by Crippen LogP contribution is 2.21. The molecule has 2 amide bonds. The summed E-state index contributed by atoms with van der Waals surface area (Å²) in [7, 11) is 0. The number of para-hydroxylation sites is 1. The molecule has 0 fully saturated rings. The van der Waals surface area contributed by atoms with Crippen molar-refractivity contribution in [2.75, 3.05) is 11.4 Å². The van der Waals surface area contributed by atoms with Gasteiger partial charge < -0.3 is 5.32 Å². The molecule has 0 aliphatic carbocycles. The zero-order chi connectivity index (χ0) is 18.2. The average Bonchev–Trinajstić information content (AvgIpc) is 2.63. The summed E-state index contributed by atoms with van der Waals surface area (Å²) in [5.74, 6) is -0.386. The maximum Gasteiger partial charge on any atom is 0.322 e. The topological polar surface area (TPSA) is 56.1 Å². The van der Waals surface area contributed by atoms with E-state index in [0.717, 1.165) is 5.56 Å². The number of nitriles is 1. The fourth-order valence-electron chi connectivity index (χ4n) is 2.61. The van der Waals surface area contributed by atoms with E-state index in [-0.39, 0.29) is 30.6 Å². The number of hydrogen-bond acceptors (Lipinski definition) is 2. The Morgan fingerprint density at radius 3 is 2.44 bits per heavy atom. The summed E-state index contributed by atoms with van der Waals surface area (Å²) in [6.07, 6.45) is 0.129. The van der Waals surface area contributed by atoms with E-state index in [4.69, 9.17) is 5.26 Å². The lowest BCUT2D eigenvalue weighted by Gasteiger charge is -2.27. The van der Waals surface area contributed by atoms with Crippen LogP contribution in [0.2, 0.25) is 0 Å². The van der Waals surface area contributed by atoms with Crippen molar-refractivity contribution in [3.63, 3.8) is 0 Å². The van der Waals surface area contributed by atoms with E-state index in [2.05, 4.69) is 5.32 Å². The van der Waals surface area contributed by atoms with Gasteiger partial charge in [0.15, 0.2) is 0 Å². The molecule has 0 bridgehead atoms. The SMILES string of the molecule is C[C@H](NC(=O)N(CCC#N)c1ccccc1F)[C@H](C)c1ccccc1. The van der Waals surface area contributed by atoms with Crippen molar-refractivity contribution in [2.45, 2.75) is 32.2 Å². The number of hydrogen-bond donors (Lipinski definition) is 1. The predicted molar refractivity (Wildman–Crippen MR) is 96.8 cm³/mol. The van der Waals surface area contributed by atoms with Gasteiger partial charge in [-0.2, -0.15) is 5.26 Å². The number of nitrogens with one attached hydrogen (secondary N) is 1. The van der Waals surface area contributed by atoms with Crippen molar-refractivity contribution < 1.29 is 9.18 Å². The molecule has 4 nitrogen and oxygen atoms in total. The Labute approximate surface area is 147 Å². The highest BCUT2D eigenvalue weighted by atomic mass is 19.1. The summed E-state index contributed by atoms with van der Waals surface area (Å²) < 4.78 is 14.1. The van der Waals surface area contributed by atoms with Crippen LogP contribution in [-0.4, -0.2) is 18.6 Å². The first-order valence-electron chi connectivity index (χ1n) is 8.29. The molecule has 0 radical (unpaired) electrons. The molecule has 0 aliphatic heterocycles. The molecule has 2 rings (SSSR count). The van der Waals surface area contributed by atoms with Gasteiger partial charge in [-0.1, -0.05) is 49.4 Å². The molecule has 25 heavy (non-hydrogen) atoms. The van der Waals surface area contributed by atoms with Crippen LogP contribution in [0.15, 0.2) is 54.6 Å². The van der Waals surface area contributed by atoms with Crippen LogP contribution >= 0.6 is 0 Å². The molecule has 0 aliphatic rings. The quantitative estimate of drug-likeness (QED) is 0.845. The monoisotopic (exact) mass is 339 g/mol. The van der Waals surface area contributed by atoms with Crippen LogP contribution < -0.4 is 10.2 Å². The molecule has 1 N–H and O–H groups in total. The van der Waals surface area contributed by atoms with E-state index in [9.17, 15) is 9.18 Å². The number of urea groups is 1. The van der Waals surface area contributed by atoms with Crippen LogP contribution in [0.25, 0.3) is 0 Å². The van der Waals surface area contributed by atoms with Gasteiger partial charge >= 0.3 is 6.03 Å². The minimum Gasteiger partial charge on any atom is -0.335 e. The number of rotatable bonds is 6. The molecule has 5 heteroatoms. The van der Waals surface area contributed by atoms with Gasteiger partial charge in [0.05, 0.1) is 18.2 Å². The molecular formula is C20H22FN3O. The van der Waals surface area contributed by atoms with Crippen molar-refractivity contribution in [1.29, 1.82) is 5.26 Å². The molecular weight excluding hydrogens is 317 g/mol. The second-order valence-corrected chi connectivity index (χ2v) is 5.95. The first kappa shape index (κ1) is 18.5. The Balaban J connectivity index is 2.14. The minimum absolute atomic E-state index is 0.101. The Morgan fingerprint density at radius 2 is 1.80 bits per heavy atom. The summed E-state index contributed by atoms with van der Waals surface area (Å²) >= 11 is 0. The van der Waals surface area contributed by atoms with Gasteiger partial charge in [0.25, 0.3) is 0 Å². The van der Waals surface area contributed by atoms with E-state index in [0.29, 0.717) is 0 Å². The second kappa shape index (κ2) is 8.84. The Bertz CT molecular complexity index is 742. The van der Waals surface area contributed by atoms with Gasteiger partial charge in [0.2, 0.25) is 0 Å². The minimum atomic E-state index is -0.487. The maximum atomic E-state index is 14.1. The number of amides is 2. The molecule has 2 aromatic carbocycles. The highest BCUT2D eigenvalue weighted by molar-refractivity contribution is 5.92. The standard InChI is InChI=1S/C20H22FN3O/c1-15(17-9-4-3-5-10-17)16(2)23-20(25)24(14-8-13-22)19-12-7-6-11-18(19)21/h3-7,9-12,15-16H,8,14H2,1-2H3,(H,23,25)/t15-,16-/m0/s1. The zero-order valence-corrected chi connectivity index (χ0v) is 14.4. The first-order chi connectivity index (χ1) is 12.0. The van der Waals surface area contributed by atoms with E-state index in [1.165, 1.54) is 17.0 Å². The number of benzene rings is 2. The van der Waals surface area contributed by atoms with Crippen LogP contribution in [0.1, 0.15) is 31.7 Å². The Kier molecular flexibility index (Phi) is 6.53. The summed E-state index contributed by atoms with van der Waals surface area (Å²) in [5, 5.41) is 11.8. The number of nitrogens with zero attached hydrogens (tertiary/aromatic N) is 2. The number of anilines is 1. The lowest BCUT2D eigenvalue weighted by molar-refractivity contribution is 0.241. The Hall–Kier alpha value is -2.87. The normalized spacial score (nSPS) is 12.7. The van der Waals surface area contributed by atoms with Crippen molar-refractivity contribution >= 4 is 11.7 Å². The van der Waals surface area contributed by atoms with Crippen LogP contribution in [0, 0.1) is 17.1 Å². The van der Waals surface area contributed by atoms with E-state index < -0.39 is 11.8 Å². The fraction of sp³-hybridized carbons (Fsp3) is 0.300. The summed E-state index contributed by atoms with van der Waals surface area (Å²) in [4.78, 5) is 14.0. The average molecular weight is 339 g/mol. The molecule has 130 valence electrons. The molecule has 0 saturated carbocycles. The third-order valence-corrected chi connectivity index (χ3v) is 4.26. The van der Waals surface area contributed by atoms with Gasteiger partial charge in [0.1, 0.15) is 5.82 Å². The smallest absolute Gasteiger partial charge is 0.322 e. The molecule has 0 saturated heterocycles. The molecule has 0 aromatic heterocycles. The third-order valence-electron chi connectivity index (χ3n) is 4.26. The summed E-state index contributed by atoms with van der Waals surface area (Å²) in [6.45, 7) is 4.08. The van der Waals surface area contributed by atoms with Crippen LogP contribution in [0.5, 0.6) is 0 Å². The van der Waals surface area contributed by atoms with Gasteiger partial charge in [-0.3, -0.25) is 4.90 Å². The van der Waals surface area contributed by atoms with Crippen molar-refractivity contribution in [1.82, 2.24) is 5.32 Å². The van der Waals surface area contributed by atoms with E-state index in [1.807, 2.05) is 50.2 Å². The van der Waals surface area contributed by atoms with Gasteiger partial charge in [0, 0.05) is 18.5 Å². The summed E-state index contributed by atoms with van der Waals surface area (Å²) in [6, 6.07) is 17.4. The van der Waals surface area contributed by atoms with Gasteiger partial charge in [-0.25, -0.2) is 9.18 Å². The molecule has 0 heterocycles. The summed E-state index contributed by atoms with van der Waals surface area (Å²) in [5.41, 5.74) is 1.29. The van der Waals surface area contributed by atoms with Crippen molar-refractivity contribution in [2.24, 2.45) is 0 Å². The number of carbonyl (C=O) groups is 1. The predicted octanol–water partition coefficient (Wildman–Crippen LogP) is 4.45. The Morgan fingerprint density at radius 1 is 1.16 bits per heavy atom. The first-order valence-corrected chi connectivity index (χ1v) is 8.29. The molecule has 2 atom stereocenters. The lowest BCUT2D eigenvalue weighted by Crippen LogP contribution is -2.46. The largest absolute Gasteiger partial charge is 0.335 e. The van der Waals surface area contributed by atoms with Crippen LogP contribution in [-0.2, 0) is 0 Å².